The minimum Gasteiger partial charge on any atom is -0.393 e. The molecule has 4 aliphatic carbocycles. The lowest BCUT2D eigenvalue weighted by molar-refractivity contribution is -0.0910. The minimum absolute atomic E-state index is 0.0199. The average molecular weight is 453 g/mol. The monoisotopic (exact) mass is 452 g/mol. The third-order valence-electron chi connectivity index (χ3n) is 10.5. The molecular weight excluding hydrogens is 411 g/mol. The Bertz CT molecular complexity index is 991. The van der Waals surface area contributed by atoms with Crippen molar-refractivity contribution in [2.75, 3.05) is 0 Å². The highest BCUT2D eigenvalue weighted by atomic mass is 19.1. The van der Waals surface area contributed by atoms with Crippen LogP contribution >= 0.6 is 0 Å². The van der Waals surface area contributed by atoms with E-state index in [2.05, 4.69) is 40.7 Å². The average Bonchev–Trinajstić information content (AvgIpc) is 3.13. The van der Waals surface area contributed by atoms with Crippen molar-refractivity contribution in [1.82, 2.24) is 0 Å². The van der Waals surface area contributed by atoms with Gasteiger partial charge in [-0.25, -0.2) is 4.39 Å². The van der Waals surface area contributed by atoms with Crippen molar-refractivity contribution < 1.29 is 14.2 Å². The second kappa shape index (κ2) is 8.05. The zero-order chi connectivity index (χ0) is 23.6. The lowest BCUT2D eigenvalue weighted by atomic mass is 9.46. The van der Waals surface area contributed by atoms with Crippen LogP contribution in [0, 0.1) is 33.9 Å². The van der Waals surface area contributed by atoms with Crippen molar-refractivity contribution in [3.8, 4) is 0 Å². The zero-order valence-corrected chi connectivity index (χ0v) is 21.1. The van der Waals surface area contributed by atoms with Gasteiger partial charge < -0.3 is 9.84 Å². The smallest absolute Gasteiger partial charge is 0.128 e. The molecule has 1 aromatic rings. The molecule has 3 heteroatoms. The maximum atomic E-state index is 14.1. The molecule has 0 radical (unpaired) electrons. The Morgan fingerprint density at radius 1 is 1.06 bits per heavy atom. The van der Waals surface area contributed by atoms with Gasteiger partial charge in [0.2, 0.25) is 0 Å². The number of aliphatic hydroxyl groups is 1. The largest absolute Gasteiger partial charge is 0.393 e. The molecule has 0 heterocycles. The molecule has 180 valence electrons. The summed E-state index contributed by atoms with van der Waals surface area (Å²) < 4.78 is 20.4. The fraction of sp³-hybridized carbons (Fsp3) is 0.667. The van der Waals surface area contributed by atoms with E-state index in [1.807, 2.05) is 12.1 Å². The van der Waals surface area contributed by atoms with Crippen LogP contribution in [0.1, 0.15) is 85.1 Å². The van der Waals surface area contributed by atoms with Crippen LogP contribution < -0.4 is 0 Å². The van der Waals surface area contributed by atoms with Crippen LogP contribution in [0.25, 0.3) is 0 Å². The van der Waals surface area contributed by atoms with Gasteiger partial charge in [0.15, 0.2) is 0 Å². The fourth-order valence-corrected chi connectivity index (χ4v) is 8.38. The highest BCUT2D eigenvalue weighted by molar-refractivity contribution is 5.50. The summed E-state index contributed by atoms with van der Waals surface area (Å²) >= 11 is 0. The number of aliphatic hydroxyl groups excluding tert-OH is 1. The summed E-state index contributed by atoms with van der Waals surface area (Å²) in [6.07, 6.45) is 10.1. The van der Waals surface area contributed by atoms with Crippen molar-refractivity contribution >= 4 is 0 Å². The van der Waals surface area contributed by atoms with Crippen LogP contribution in [0.5, 0.6) is 0 Å². The summed E-state index contributed by atoms with van der Waals surface area (Å²) in [5.74, 6) is 0.806. The van der Waals surface area contributed by atoms with Gasteiger partial charge in [0, 0.05) is 5.56 Å². The summed E-state index contributed by atoms with van der Waals surface area (Å²) in [6.45, 7) is 12.0. The Hall–Kier alpha value is -1.45. The molecular formula is C30H41FO2. The molecule has 2 nitrogen and oxygen atoms in total. The Morgan fingerprint density at radius 3 is 2.58 bits per heavy atom. The molecule has 0 aliphatic heterocycles. The molecule has 6 atom stereocenters. The van der Waals surface area contributed by atoms with Crippen LogP contribution in [0.4, 0.5) is 4.39 Å². The van der Waals surface area contributed by atoms with Crippen molar-refractivity contribution in [2.45, 2.75) is 98.4 Å². The number of fused-ring (bicyclic) bond motifs is 4. The van der Waals surface area contributed by atoms with E-state index in [1.165, 1.54) is 25.3 Å². The number of ether oxygens (including phenoxy) is 1. The van der Waals surface area contributed by atoms with E-state index in [0.717, 1.165) is 25.7 Å². The van der Waals surface area contributed by atoms with Gasteiger partial charge in [0.1, 0.15) is 5.82 Å². The first kappa shape index (κ1) is 23.3. The number of halogens is 1. The van der Waals surface area contributed by atoms with Crippen LogP contribution in [0.15, 0.2) is 47.1 Å². The topological polar surface area (TPSA) is 29.5 Å². The summed E-state index contributed by atoms with van der Waals surface area (Å²) in [5, 5.41) is 10.8. The third-order valence-corrected chi connectivity index (χ3v) is 10.5. The molecule has 1 saturated carbocycles. The molecule has 0 unspecified atom stereocenters. The summed E-state index contributed by atoms with van der Waals surface area (Å²) in [7, 11) is 0. The first-order valence-corrected chi connectivity index (χ1v) is 13.1. The van der Waals surface area contributed by atoms with Crippen LogP contribution in [0.2, 0.25) is 0 Å². The van der Waals surface area contributed by atoms with E-state index in [-0.39, 0.29) is 34.3 Å². The van der Waals surface area contributed by atoms with Gasteiger partial charge >= 0.3 is 0 Å². The highest BCUT2D eigenvalue weighted by Crippen LogP contribution is 2.66. The molecule has 0 spiro atoms. The fourth-order valence-electron chi connectivity index (χ4n) is 8.38. The van der Waals surface area contributed by atoms with Crippen LogP contribution in [0.3, 0.4) is 0 Å². The zero-order valence-electron chi connectivity index (χ0n) is 21.1. The first-order valence-electron chi connectivity index (χ1n) is 13.1. The van der Waals surface area contributed by atoms with Gasteiger partial charge in [0.25, 0.3) is 0 Å². The quantitative estimate of drug-likeness (QED) is 0.517. The molecule has 0 aromatic heterocycles. The number of hydrogen-bond acceptors (Lipinski definition) is 2. The summed E-state index contributed by atoms with van der Waals surface area (Å²) in [5.41, 5.74) is 5.89. The van der Waals surface area contributed by atoms with Gasteiger partial charge in [-0.3, -0.25) is 0 Å². The van der Waals surface area contributed by atoms with Gasteiger partial charge in [0.05, 0.1) is 18.8 Å². The highest BCUT2D eigenvalue weighted by Gasteiger charge is 2.57. The predicted octanol–water partition coefficient (Wildman–Crippen LogP) is 7.37. The number of allylic oxidation sites excluding steroid dienone is 4. The molecule has 4 aliphatic rings. The SMILES string of the molecule is C[C@@H](OCc1ccccc1F)[C@H]1CC=C2C3=C(CC[C@@]21C)[C@@]1(C)CC[C@H](O)C(C)(C)[C@@H]1CC3. The molecule has 0 saturated heterocycles. The Kier molecular flexibility index (Phi) is 5.69. The Labute approximate surface area is 199 Å². The first-order chi connectivity index (χ1) is 15.6. The number of hydrogen-bond donors (Lipinski definition) is 1. The van der Waals surface area contributed by atoms with Crippen molar-refractivity contribution in [3.05, 3.63) is 58.4 Å². The molecule has 1 N–H and O–H groups in total. The molecule has 1 fully saturated rings. The van der Waals surface area contributed by atoms with E-state index in [4.69, 9.17) is 4.74 Å². The lowest BCUT2D eigenvalue weighted by Crippen LogP contribution is -2.53. The van der Waals surface area contributed by atoms with Gasteiger partial charge in [-0.1, -0.05) is 57.5 Å². The van der Waals surface area contributed by atoms with E-state index >= 15 is 0 Å². The number of rotatable bonds is 4. The number of benzene rings is 1. The molecule has 1 aromatic carbocycles. The summed E-state index contributed by atoms with van der Waals surface area (Å²) in [4.78, 5) is 0. The third kappa shape index (κ3) is 3.48. The molecule has 5 rings (SSSR count). The van der Waals surface area contributed by atoms with E-state index < -0.39 is 0 Å². The van der Waals surface area contributed by atoms with Crippen molar-refractivity contribution in [1.29, 1.82) is 0 Å². The van der Waals surface area contributed by atoms with E-state index in [1.54, 1.807) is 22.8 Å². The second-order valence-electron chi connectivity index (χ2n) is 12.3. The van der Waals surface area contributed by atoms with Crippen molar-refractivity contribution in [3.63, 3.8) is 0 Å². The standard InChI is InChI=1S/C30H41FO2/c1-19(33-18-20-8-6-7-9-25(20)31)22-11-12-23-21-10-13-26-28(2,3)27(32)15-17-30(26,5)24(21)14-16-29(22,23)4/h6-9,12,19,22,26-27,32H,10-11,13-18H2,1-5H3/t19-,22-,26+,27+,29-,30-/m1/s1. The molecule has 0 bridgehead atoms. The second-order valence-corrected chi connectivity index (χ2v) is 12.3. The summed E-state index contributed by atoms with van der Waals surface area (Å²) in [6, 6.07) is 6.94. The Morgan fingerprint density at radius 2 is 1.82 bits per heavy atom. The van der Waals surface area contributed by atoms with Crippen LogP contribution in [-0.2, 0) is 11.3 Å². The van der Waals surface area contributed by atoms with Gasteiger partial charge in [-0.15, -0.1) is 0 Å². The lowest BCUT2D eigenvalue weighted by Gasteiger charge is -2.59. The van der Waals surface area contributed by atoms with Gasteiger partial charge in [-0.05, 0) is 97.2 Å². The normalized spacial score (nSPS) is 38.3. The van der Waals surface area contributed by atoms with Gasteiger partial charge in [-0.2, -0.15) is 0 Å². The predicted molar refractivity (Wildman–Crippen MR) is 131 cm³/mol. The van der Waals surface area contributed by atoms with E-state index in [0.29, 0.717) is 24.0 Å². The maximum Gasteiger partial charge on any atom is 0.128 e. The maximum absolute atomic E-state index is 14.1. The molecule has 0 amide bonds. The molecule has 33 heavy (non-hydrogen) atoms. The van der Waals surface area contributed by atoms with Crippen molar-refractivity contribution in [2.24, 2.45) is 28.1 Å². The van der Waals surface area contributed by atoms with Crippen LogP contribution in [-0.4, -0.2) is 17.3 Å². The Balaban J connectivity index is 1.38. The minimum atomic E-state index is -0.186. The van der Waals surface area contributed by atoms with E-state index in [9.17, 15) is 9.50 Å².